The van der Waals surface area contributed by atoms with Gasteiger partial charge in [0, 0.05) is 5.56 Å². The molecule has 0 aromatic heterocycles. The first-order valence-corrected chi connectivity index (χ1v) is 13.8. The van der Waals surface area contributed by atoms with E-state index < -0.39 is 15.1 Å². The predicted molar refractivity (Wildman–Crippen MR) is 140 cm³/mol. The average molecular weight is 485 g/mol. The third-order valence-electron chi connectivity index (χ3n) is 7.26. The van der Waals surface area contributed by atoms with E-state index in [9.17, 15) is 8.42 Å². The van der Waals surface area contributed by atoms with E-state index in [0.29, 0.717) is 17.2 Å². The molecule has 0 saturated heterocycles. The maximum atomic E-state index is 13.7. The highest BCUT2D eigenvalue weighted by molar-refractivity contribution is 7.92. The molecule has 0 aliphatic heterocycles. The zero-order valence-electron chi connectivity index (χ0n) is 21.9. The maximum Gasteiger partial charge on any atom is 0.184 e. The van der Waals surface area contributed by atoms with E-state index in [0.717, 1.165) is 41.0 Å². The Bertz CT molecular complexity index is 1140. The third-order valence-corrected chi connectivity index (χ3v) is 9.32. The summed E-state index contributed by atoms with van der Waals surface area (Å²) in [5.74, 6) is 2.45. The second-order valence-corrected chi connectivity index (χ2v) is 12.4. The Balaban J connectivity index is 2.01. The zero-order valence-corrected chi connectivity index (χ0v) is 22.8. The smallest absolute Gasteiger partial charge is 0.184 e. The van der Waals surface area contributed by atoms with Crippen molar-refractivity contribution < 1.29 is 17.9 Å². The van der Waals surface area contributed by atoms with E-state index in [1.165, 1.54) is 11.1 Å². The highest BCUT2D eigenvalue weighted by atomic mass is 32.2. The van der Waals surface area contributed by atoms with Crippen molar-refractivity contribution in [2.45, 2.75) is 82.8 Å². The van der Waals surface area contributed by atoms with Gasteiger partial charge in [-0.05, 0) is 88.0 Å². The number of hydrogen-bond acceptors (Lipinski definition) is 4. The highest BCUT2D eigenvalue weighted by Gasteiger charge is 2.36. The Labute approximate surface area is 206 Å². The summed E-state index contributed by atoms with van der Waals surface area (Å²) < 4.78 is 38.8. The van der Waals surface area contributed by atoms with E-state index in [1.807, 2.05) is 39.0 Å². The van der Waals surface area contributed by atoms with Crippen molar-refractivity contribution in [2.75, 3.05) is 14.2 Å². The van der Waals surface area contributed by atoms with Gasteiger partial charge in [-0.25, -0.2) is 8.42 Å². The molecule has 0 amide bonds. The normalized spacial score (nSPS) is 19.6. The van der Waals surface area contributed by atoms with Crippen molar-refractivity contribution in [2.24, 2.45) is 5.92 Å². The lowest BCUT2D eigenvalue weighted by Crippen LogP contribution is -2.27. The number of rotatable bonds is 8. The van der Waals surface area contributed by atoms with E-state index in [2.05, 4.69) is 26.8 Å². The molecule has 3 rings (SSSR count). The molecule has 0 heterocycles. The fourth-order valence-electron chi connectivity index (χ4n) is 5.49. The van der Waals surface area contributed by atoms with Gasteiger partial charge in [0.05, 0.1) is 24.4 Å². The molecule has 4 nitrogen and oxygen atoms in total. The van der Waals surface area contributed by atoms with Crippen molar-refractivity contribution >= 4 is 9.84 Å². The lowest BCUT2D eigenvalue weighted by atomic mass is 9.70. The van der Waals surface area contributed by atoms with Crippen LogP contribution < -0.4 is 9.47 Å². The molecule has 0 fully saturated rings. The number of ether oxygens (including phenoxy) is 2. The second kappa shape index (κ2) is 10.6. The van der Waals surface area contributed by atoms with E-state index in [4.69, 9.17) is 9.47 Å². The molecule has 0 bridgehead atoms. The van der Waals surface area contributed by atoms with Gasteiger partial charge in [0.2, 0.25) is 0 Å². The van der Waals surface area contributed by atoms with Crippen LogP contribution in [0.2, 0.25) is 0 Å². The molecule has 1 unspecified atom stereocenters. The molecule has 1 aliphatic carbocycles. The summed E-state index contributed by atoms with van der Waals surface area (Å²) in [7, 11) is -0.0975. The summed E-state index contributed by atoms with van der Waals surface area (Å²) >= 11 is 0. The van der Waals surface area contributed by atoms with Crippen LogP contribution in [0.3, 0.4) is 0 Å². The minimum Gasteiger partial charge on any atom is -0.493 e. The number of hydrogen-bond donors (Lipinski definition) is 0. The van der Waals surface area contributed by atoms with Gasteiger partial charge in [0.25, 0.3) is 0 Å². The van der Waals surface area contributed by atoms with Crippen LogP contribution in [0, 0.1) is 19.8 Å². The second-order valence-electron chi connectivity index (χ2n) is 10.2. The van der Waals surface area contributed by atoms with Crippen molar-refractivity contribution in [3.05, 3.63) is 64.2 Å². The van der Waals surface area contributed by atoms with Crippen LogP contribution in [-0.2, 0) is 9.84 Å². The van der Waals surface area contributed by atoms with Crippen molar-refractivity contribution in [3.63, 3.8) is 0 Å². The molecule has 34 heavy (non-hydrogen) atoms. The summed E-state index contributed by atoms with van der Waals surface area (Å²) in [6.45, 7) is 12.4. The first-order valence-electron chi connectivity index (χ1n) is 12.2. The van der Waals surface area contributed by atoms with Crippen molar-refractivity contribution in [1.29, 1.82) is 0 Å². The van der Waals surface area contributed by atoms with Crippen LogP contribution in [0.5, 0.6) is 11.5 Å². The fourth-order valence-corrected chi connectivity index (χ4v) is 7.36. The summed E-state index contributed by atoms with van der Waals surface area (Å²) in [5, 5.41) is -0.556. The van der Waals surface area contributed by atoms with Gasteiger partial charge in [-0.2, -0.15) is 0 Å². The molecule has 5 heteroatoms. The zero-order chi connectivity index (χ0) is 25.2. The van der Waals surface area contributed by atoms with Gasteiger partial charge in [-0.3, -0.25) is 0 Å². The maximum absolute atomic E-state index is 13.7. The summed E-state index contributed by atoms with van der Waals surface area (Å²) in [5.41, 5.74) is 5.63. The Morgan fingerprint density at radius 3 is 2.24 bits per heavy atom. The number of allylic oxidation sites excluding steroid dienone is 1. The SMILES string of the molecule is COc1c(C)cc2c(c1OC)[C@H](C)CC[C@@H]2[C@@H](C)CC(C=C(C)C)S(=O)(=O)c1ccc(C)cc1. The van der Waals surface area contributed by atoms with Crippen LogP contribution >= 0.6 is 0 Å². The highest BCUT2D eigenvalue weighted by Crippen LogP contribution is 2.51. The molecule has 2 aromatic rings. The van der Waals surface area contributed by atoms with Crippen LogP contribution in [0.15, 0.2) is 46.9 Å². The first kappa shape index (κ1) is 26.3. The largest absolute Gasteiger partial charge is 0.493 e. The average Bonchev–Trinajstić information content (AvgIpc) is 2.77. The van der Waals surface area contributed by atoms with Gasteiger partial charge in [-0.1, -0.05) is 49.3 Å². The standard InChI is InChI=1S/C29H40O4S/c1-18(2)15-24(34(30,31)23-12-9-19(3)10-13-23)16-21(5)25-14-11-20(4)27-26(25)17-22(6)28(32-7)29(27)33-8/h9-10,12-13,15,17,20-21,24-25H,11,14,16H2,1-8H3/t20-,21+,24?,25-/m1/s1. The molecule has 0 saturated carbocycles. The topological polar surface area (TPSA) is 52.6 Å². The Morgan fingerprint density at radius 2 is 1.68 bits per heavy atom. The Hall–Kier alpha value is -2.27. The minimum absolute atomic E-state index is 0.185. The fraction of sp³-hybridized carbons (Fsp3) is 0.517. The number of sulfone groups is 1. The Kier molecular flexibility index (Phi) is 8.18. The van der Waals surface area contributed by atoms with E-state index in [-0.39, 0.29) is 11.8 Å². The number of fused-ring (bicyclic) bond motifs is 1. The molecule has 0 N–H and O–H groups in total. The van der Waals surface area contributed by atoms with Gasteiger partial charge >= 0.3 is 0 Å². The first-order chi connectivity index (χ1) is 16.0. The Morgan fingerprint density at radius 1 is 1.06 bits per heavy atom. The predicted octanol–water partition coefficient (Wildman–Crippen LogP) is 7.14. The van der Waals surface area contributed by atoms with Gasteiger partial charge in [0.1, 0.15) is 0 Å². The van der Waals surface area contributed by atoms with Crippen LogP contribution in [0.25, 0.3) is 0 Å². The van der Waals surface area contributed by atoms with Crippen LogP contribution in [0.1, 0.15) is 81.0 Å². The van der Waals surface area contributed by atoms with Gasteiger partial charge in [0.15, 0.2) is 21.3 Å². The molecule has 0 spiro atoms. The minimum atomic E-state index is -3.49. The molecule has 1 aliphatic rings. The molecular formula is C29H40O4S. The lowest BCUT2D eigenvalue weighted by molar-refractivity contribution is 0.329. The third kappa shape index (κ3) is 5.19. The van der Waals surface area contributed by atoms with Crippen molar-refractivity contribution in [1.82, 2.24) is 0 Å². The number of methoxy groups -OCH3 is 2. The summed E-state index contributed by atoms with van der Waals surface area (Å²) in [6.07, 6.45) is 4.59. The number of benzene rings is 2. The van der Waals surface area contributed by atoms with Gasteiger partial charge in [-0.15, -0.1) is 0 Å². The van der Waals surface area contributed by atoms with Gasteiger partial charge < -0.3 is 9.47 Å². The monoisotopic (exact) mass is 484 g/mol. The molecule has 2 aromatic carbocycles. The molecule has 0 radical (unpaired) electrons. The molecular weight excluding hydrogens is 444 g/mol. The van der Waals surface area contributed by atoms with E-state index >= 15 is 0 Å². The summed E-state index contributed by atoms with van der Waals surface area (Å²) in [4.78, 5) is 0.396. The van der Waals surface area contributed by atoms with Crippen LogP contribution in [-0.4, -0.2) is 27.9 Å². The molecule has 186 valence electrons. The van der Waals surface area contributed by atoms with E-state index in [1.54, 1.807) is 26.4 Å². The molecule has 4 atom stereocenters. The quantitative estimate of drug-likeness (QED) is 0.374. The lowest BCUT2D eigenvalue weighted by Gasteiger charge is -2.36. The number of aryl methyl sites for hydroxylation is 2. The summed E-state index contributed by atoms with van der Waals surface area (Å²) in [6, 6.07) is 9.45. The van der Waals surface area contributed by atoms with Crippen molar-refractivity contribution in [3.8, 4) is 11.5 Å². The van der Waals surface area contributed by atoms with Crippen LogP contribution in [0.4, 0.5) is 0 Å².